The Morgan fingerprint density at radius 1 is 1.24 bits per heavy atom. The van der Waals surface area contributed by atoms with Crippen LogP contribution in [0.2, 0.25) is 0 Å². The highest BCUT2D eigenvalue weighted by Gasteiger charge is 2.09. The van der Waals surface area contributed by atoms with Gasteiger partial charge in [-0.25, -0.2) is 0 Å². The molecule has 0 bridgehead atoms. The number of benzene rings is 1. The van der Waals surface area contributed by atoms with Crippen LogP contribution in [0.15, 0.2) is 51.9 Å². The molecule has 136 valence electrons. The Kier molecular flexibility index (Phi) is 9.04. The summed E-state index contributed by atoms with van der Waals surface area (Å²) in [5.74, 6) is 0.903. The smallest absolute Gasteiger partial charge is 0.284 e. The number of hydrogen-bond acceptors (Lipinski definition) is 3. The minimum absolute atomic E-state index is 0. The summed E-state index contributed by atoms with van der Waals surface area (Å²) in [7, 11) is 1.72. The number of aryl methyl sites for hydroxylation is 1. The molecule has 0 aliphatic heterocycles. The highest BCUT2D eigenvalue weighted by atomic mass is 127. The summed E-state index contributed by atoms with van der Waals surface area (Å²) in [6.45, 7) is 2.55. The lowest BCUT2D eigenvalue weighted by Crippen LogP contribution is -2.42. The van der Waals surface area contributed by atoms with E-state index in [9.17, 15) is 4.79 Å². The number of nitrogens with one attached hydrogen (secondary N) is 2. The number of furan rings is 1. The zero-order valence-corrected chi connectivity index (χ0v) is 16.8. The molecule has 1 amide bonds. The predicted molar refractivity (Wildman–Crippen MR) is 110 cm³/mol. The third-order valence-electron chi connectivity index (χ3n) is 3.65. The molecule has 1 atom stereocenters. The van der Waals surface area contributed by atoms with Crippen LogP contribution in [0, 0.1) is 0 Å². The van der Waals surface area contributed by atoms with Crippen molar-refractivity contribution in [2.24, 2.45) is 10.7 Å². The summed E-state index contributed by atoms with van der Waals surface area (Å²) < 4.78 is 5.33. The standard InChI is InChI=1S/C18H24N4O2.HI/c1-13(8-9-14-6-4-3-5-7-14)22-18(20-2)21-12-15-10-11-16(24-15)17(19)23;/h3-7,10-11,13H,8-9,12H2,1-2H3,(H2,19,23)(H2,20,21,22);1H. The number of rotatable bonds is 7. The Morgan fingerprint density at radius 3 is 2.56 bits per heavy atom. The summed E-state index contributed by atoms with van der Waals surface area (Å²) in [5.41, 5.74) is 6.49. The predicted octanol–water partition coefficient (Wildman–Crippen LogP) is 2.68. The molecule has 7 heteroatoms. The second-order valence-electron chi connectivity index (χ2n) is 5.63. The molecule has 2 aromatic rings. The van der Waals surface area contributed by atoms with Crippen LogP contribution in [-0.4, -0.2) is 25.0 Å². The average molecular weight is 456 g/mol. The number of aliphatic imine (C=N–C) groups is 1. The van der Waals surface area contributed by atoms with Gasteiger partial charge in [0.25, 0.3) is 5.91 Å². The molecule has 6 nitrogen and oxygen atoms in total. The number of halogens is 1. The topological polar surface area (TPSA) is 92.6 Å². The van der Waals surface area contributed by atoms with Gasteiger partial charge in [0, 0.05) is 13.1 Å². The molecular weight excluding hydrogens is 431 g/mol. The number of hydrogen-bond donors (Lipinski definition) is 3. The number of nitrogens with two attached hydrogens (primary N) is 1. The van der Waals surface area contributed by atoms with Crippen LogP contribution in [0.1, 0.15) is 35.2 Å². The van der Waals surface area contributed by atoms with E-state index in [-0.39, 0.29) is 35.8 Å². The third kappa shape index (κ3) is 7.16. The molecule has 0 radical (unpaired) electrons. The van der Waals surface area contributed by atoms with Gasteiger partial charge < -0.3 is 20.8 Å². The fourth-order valence-corrected chi connectivity index (χ4v) is 2.30. The molecule has 0 fully saturated rings. The quantitative estimate of drug-likeness (QED) is 0.340. The first-order chi connectivity index (χ1) is 11.6. The van der Waals surface area contributed by atoms with Crippen molar-refractivity contribution in [3.63, 3.8) is 0 Å². The van der Waals surface area contributed by atoms with Crippen LogP contribution in [0.5, 0.6) is 0 Å². The second kappa shape index (κ2) is 10.8. The molecular formula is C18H25IN4O2. The number of primary amides is 1. The van der Waals surface area contributed by atoms with Crippen molar-refractivity contribution in [1.29, 1.82) is 0 Å². The first-order valence-corrected chi connectivity index (χ1v) is 7.98. The monoisotopic (exact) mass is 456 g/mol. The molecule has 4 N–H and O–H groups in total. The summed E-state index contributed by atoms with van der Waals surface area (Å²) in [6, 6.07) is 14.0. The van der Waals surface area contributed by atoms with Gasteiger partial charge in [0.05, 0.1) is 6.54 Å². The number of guanidine groups is 1. The van der Waals surface area contributed by atoms with E-state index in [1.54, 1.807) is 19.2 Å². The number of carbonyl (C=O) groups excluding carboxylic acids is 1. The Balaban J connectivity index is 0.00000312. The molecule has 1 heterocycles. The van der Waals surface area contributed by atoms with E-state index in [1.807, 2.05) is 6.07 Å². The zero-order chi connectivity index (χ0) is 17.4. The van der Waals surface area contributed by atoms with Gasteiger partial charge in [-0.3, -0.25) is 9.79 Å². The molecule has 1 unspecified atom stereocenters. The molecule has 25 heavy (non-hydrogen) atoms. The summed E-state index contributed by atoms with van der Waals surface area (Å²) >= 11 is 0. The summed E-state index contributed by atoms with van der Waals surface area (Å²) in [4.78, 5) is 15.2. The van der Waals surface area contributed by atoms with Crippen molar-refractivity contribution in [3.8, 4) is 0 Å². The Labute approximate surface area is 165 Å². The maximum absolute atomic E-state index is 11.0. The fraction of sp³-hybridized carbons (Fsp3) is 0.333. The van der Waals surface area contributed by atoms with Gasteiger partial charge >= 0.3 is 0 Å². The van der Waals surface area contributed by atoms with Crippen molar-refractivity contribution in [1.82, 2.24) is 10.6 Å². The van der Waals surface area contributed by atoms with Crippen molar-refractivity contribution in [3.05, 3.63) is 59.5 Å². The van der Waals surface area contributed by atoms with Crippen molar-refractivity contribution in [2.45, 2.75) is 32.4 Å². The van der Waals surface area contributed by atoms with Gasteiger partial charge in [-0.1, -0.05) is 30.3 Å². The van der Waals surface area contributed by atoms with Crippen LogP contribution in [0.25, 0.3) is 0 Å². The van der Waals surface area contributed by atoms with Crippen LogP contribution in [-0.2, 0) is 13.0 Å². The minimum atomic E-state index is -0.571. The van der Waals surface area contributed by atoms with Gasteiger partial charge in [0.15, 0.2) is 11.7 Å². The maximum Gasteiger partial charge on any atom is 0.284 e. The van der Waals surface area contributed by atoms with Crippen LogP contribution in [0.4, 0.5) is 0 Å². The Bertz CT molecular complexity index is 685. The first kappa shape index (κ1) is 21.0. The number of carbonyl (C=O) groups is 1. The van der Waals surface area contributed by atoms with Gasteiger partial charge in [-0.2, -0.15) is 0 Å². The summed E-state index contributed by atoms with van der Waals surface area (Å²) in [6.07, 6.45) is 2.00. The molecule has 0 aliphatic rings. The molecule has 1 aromatic heterocycles. The fourth-order valence-electron chi connectivity index (χ4n) is 2.30. The van der Waals surface area contributed by atoms with E-state index in [0.29, 0.717) is 18.3 Å². The maximum atomic E-state index is 11.0. The first-order valence-electron chi connectivity index (χ1n) is 7.98. The lowest BCUT2D eigenvalue weighted by atomic mass is 10.1. The lowest BCUT2D eigenvalue weighted by Gasteiger charge is -2.17. The molecule has 0 saturated carbocycles. The lowest BCUT2D eigenvalue weighted by molar-refractivity contribution is 0.0972. The summed E-state index contributed by atoms with van der Waals surface area (Å²) in [5, 5.41) is 6.50. The Hall–Kier alpha value is -2.03. The molecule has 1 aromatic carbocycles. The highest BCUT2D eigenvalue weighted by molar-refractivity contribution is 14.0. The van der Waals surface area contributed by atoms with Crippen molar-refractivity contribution in [2.75, 3.05) is 7.05 Å². The zero-order valence-electron chi connectivity index (χ0n) is 14.5. The van der Waals surface area contributed by atoms with Gasteiger partial charge in [-0.05, 0) is 37.5 Å². The van der Waals surface area contributed by atoms with Gasteiger partial charge in [-0.15, -0.1) is 24.0 Å². The van der Waals surface area contributed by atoms with Crippen LogP contribution >= 0.6 is 24.0 Å². The van der Waals surface area contributed by atoms with Crippen LogP contribution < -0.4 is 16.4 Å². The third-order valence-corrected chi connectivity index (χ3v) is 3.65. The number of nitrogens with zero attached hydrogens (tertiary/aromatic N) is 1. The SMILES string of the molecule is CN=C(NCc1ccc(C(N)=O)o1)NC(C)CCc1ccccc1.I. The Morgan fingerprint density at radius 2 is 1.96 bits per heavy atom. The van der Waals surface area contributed by atoms with Gasteiger partial charge in [0.1, 0.15) is 5.76 Å². The highest BCUT2D eigenvalue weighted by Crippen LogP contribution is 2.07. The molecule has 0 spiro atoms. The molecule has 0 aliphatic carbocycles. The molecule has 0 saturated heterocycles. The van der Waals surface area contributed by atoms with Crippen LogP contribution in [0.3, 0.4) is 0 Å². The number of amides is 1. The molecule has 2 rings (SSSR count). The van der Waals surface area contributed by atoms with E-state index in [0.717, 1.165) is 12.8 Å². The van der Waals surface area contributed by atoms with E-state index in [4.69, 9.17) is 10.2 Å². The van der Waals surface area contributed by atoms with E-state index in [2.05, 4.69) is 46.8 Å². The van der Waals surface area contributed by atoms with E-state index in [1.165, 1.54) is 5.56 Å². The van der Waals surface area contributed by atoms with Gasteiger partial charge in [0.2, 0.25) is 0 Å². The van der Waals surface area contributed by atoms with E-state index >= 15 is 0 Å². The van der Waals surface area contributed by atoms with Crippen molar-refractivity contribution >= 4 is 35.8 Å². The average Bonchev–Trinajstić information content (AvgIpc) is 3.07. The normalized spacial score (nSPS) is 12.2. The minimum Gasteiger partial charge on any atom is -0.454 e. The van der Waals surface area contributed by atoms with E-state index < -0.39 is 5.91 Å². The largest absolute Gasteiger partial charge is 0.454 e. The van der Waals surface area contributed by atoms with Crippen molar-refractivity contribution < 1.29 is 9.21 Å². The second-order valence-corrected chi connectivity index (χ2v) is 5.63.